The number of ether oxygens (including phenoxy) is 1. The Morgan fingerprint density at radius 1 is 1.43 bits per heavy atom. The lowest BCUT2D eigenvalue weighted by Gasteiger charge is -2.09. The zero-order valence-electron chi connectivity index (χ0n) is 12.1. The molecule has 1 aliphatic rings. The Morgan fingerprint density at radius 2 is 2.33 bits per heavy atom. The van der Waals surface area contributed by atoms with Crippen LogP contribution in [0.2, 0.25) is 0 Å². The monoisotopic (exact) mass is 288 g/mol. The van der Waals surface area contributed by atoms with Gasteiger partial charge in [0, 0.05) is 11.6 Å². The van der Waals surface area contributed by atoms with Crippen molar-refractivity contribution < 1.29 is 9.26 Å². The summed E-state index contributed by atoms with van der Waals surface area (Å²) in [4.78, 5) is 4.39. The van der Waals surface area contributed by atoms with E-state index in [1.807, 2.05) is 24.3 Å². The minimum Gasteiger partial charge on any atom is -0.497 e. The molecule has 1 heterocycles. The van der Waals surface area contributed by atoms with Crippen LogP contribution >= 0.6 is 0 Å². The zero-order valence-corrected chi connectivity index (χ0v) is 12.1. The van der Waals surface area contributed by atoms with Gasteiger partial charge in [0.1, 0.15) is 5.75 Å². The van der Waals surface area contributed by atoms with Gasteiger partial charge >= 0.3 is 6.01 Å². The predicted octanol–water partition coefficient (Wildman–Crippen LogP) is 2.28. The van der Waals surface area contributed by atoms with Crippen LogP contribution in [0.1, 0.15) is 19.3 Å². The van der Waals surface area contributed by atoms with Gasteiger partial charge < -0.3 is 20.3 Å². The maximum Gasteiger partial charge on any atom is 0.322 e. The first-order valence-corrected chi connectivity index (χ1v) is 7.23. The largest absolute Gasteiger partial charge is 0.497 e. The van der Waals surface area contributed by atoms with Gasteiger partial charge in [-0.15, -0.1) is 0 Å². The van der Waals surface area contributed by atoms with E-state index >= 15 is 0 Å². The van der Waals surface area contributed by atoms with Crippen molar-refractivity contribution in [1.82, 2.24) is 10.1 Å². The van der Waals surface area contributed by atoms with Gasteiger partial charge in [-0.3, -0.25) is 0 Å². The lowest BCUT2D eigenvalue weighted by Crippen LogP contribution is -2.18. The maximum atomic E-state index is 5.71. The molecule has 112 valence electrons. The molecule has 6 nitrogen and oxygen atoms in total. The lowest BCUT2D eigenvalue weighted by molar-refractivity contribution is 0.414. The highest BCUT2D eigenvalue weighted by atomic mass is 16.5. The third-order valence-corrected chi connectivity index (χ3v) is 3.96. The summed E-state index contributed by atoms with van der Waals surface area (Å²) in [6, 6.07) is 8.44. The van der Waals surface area contributed by atoms with Gasteiger partial charge in [-0.1, -0.05) is 17.3 Å². The normalized spacial score (nSPS) is 21.4. The molecule has 1 fully saturated rings. The number of nitrogens with two attached hydrogens (primary N) is 1. The first-order chi connectivity index (χ1) is 10.3. The van der Waals surface area contributed by atoms with Crippen LogP contribution < -0.4 is 15.8 Å². The molecule has 2 unspecified atom stereocenters. The summed E-state index contributed by atoms with van der Waals surface area (Å²) in [5.74, 6) is 1.93. The Kier molecular flexibility index (Phi) is 4.06. The van der Waals surface area contributed by atoms with E-state index < -0.39 is 0 Å². The predicted molar refractivity (Wildman–Crippen MR) is 80.1 cm³/mol. The van der Waals surface area contributed by atoms with E-state index in [0.717, 1.165) is 37.1 Å². The van der Waals surface area contributed by atoms with Crippen molar-refractivity contribution in [3.63, 3.8) is 0 Å². The maximum absolute atomic E-state index is 5.71. The Morgan fingerprint density at radius 3 is 3.10 bits per heavy atom. The van der Waals surface area contributed by atoms with Crippen molar-refractivity contribution in [3.05, 3.63) is 24.3 Å². The summed E-state index contributed by atoms with van der Waals surface area (Å²) in [5.41, 5.74) is 6.58. The van der Waals surface area contributed by atoms with E-state index in [4.69, 9.17) is 15.0 Å². The van der Waals surface area contributed by atoms with E-state index in [-0.39, 0.29) is 0 Å². The van der Waals surface area contributed by atoms with Crippen LogP contribution in [0.5, 0.6) is 5.75 Å². The molecule has 0 saturated heterocycles. The number of hydrogen-bond acceptors (Lipinski definition) is 6. The second kappa shape index (κ2) is 6.13. The smallest absolute Gasteiger partial charge is 0.322 e. The van der Waals surface area contributed by atoms with Crippen molar-refractivity contribution in [2.75, 3.05) is 19.0 Å². The Hall–Kier alpha value is -2.08. The molecule has 0 radical (unpaired) electrons. The minimum atomic E-state index is 0.372. The second-order valence-electron chi connectivity index (χ2n) is 5.41. The molecule has 1 aliphatic carbocycles. The standard InChI is InChI=1S/C15H20N4O2/c1-20-13-4-2-3-11(8-13)14-18-15(21-19-14)17-12-6-5-10(7-12)9-16/h2-4,8,10,12H,5-7,9,16H2,1H3,(H,17,18,19). The summed E-state index contributed by atoms with van der Waals surface area (Å²) in [5, 5.41) is 7.31. The van der Waals surface area contributed by atoms with Gasteiger partial charge in [0.15, 0.2) is 0 Å². The second-order valence-corrected chi connectivity index (χ2v) is 5.41. The molecule has 0 spiro atoms. The number of benzene rings is 1. The highest BCUT2D eigenvalue weighted by Gasteiger charge is 2.24. The number of rotatable bonds is 5. The van der Waals surface area contributed by atoms with Crippen LogP contribution in [0, 0.1) is 5.92 Å². The first-order valence-electron chi connectivity index (χ1n) is 7.23. The highest BCUT2D eigenvalue weighted by molar-refractivity contribution is 5.57. The quantitative estimate of drug-likeness (QED) is 0.878. The molecule has 1 aromatic heterocycles. The van der Waals surface area contributed by atoms with Gasteiger partial charge in [-0.2, -0.15) is 4.98 Å². The molecule has 1 saturated carbocycles. The fraction of sp³-hybridized carbons (Fsp3) is 0.467. The van der Waals surface area contributed by atoms with Gasteiger partial charge in [0.05, 0.1) is 7.11 Å². The third kappa shape index (κ3) is 3.16. The van der Waals surface area contributed by atoms with Gasteiger partial charge in [0.2, 0.25) is 5.82 Å². The number of nitrogens with zero attached hydrogens (tertiary/aromatic N) is 2. The zero-order chi connectivity index (χ0) is 14.7. The summed E-state index contributed by atoms with van der Waals surface area (Å²) in [6.45, 7) is 0.747. The summed E-state index contributed by atoms with van der Waals surface area (Å²) in [7, 11) is 1.64. The Bertz CT molecular complexity index is 599. The van der Waals surface area contributed by atoms with E-state index in [1.54, 1.807) is 7.11 Å². The van der Waals surface area contributed by atoms with Crippen LogP contribution in [-0.4, -0.2) is 29.8 Å². The number of methoxy groups -OCH3 is 1. The number of hydrogen-bond donors (Lipinski definition) is 2. The minimum absolute atomic E-state index is 0.372. The van der Waals surface area contributed by atoms with E-state index in [2.05, 4.69) is 15.5 Å². The van der Waals surface area contributed by atoms with Gasteiger partial charge in [0.25, 0.3) is 0 Å². The van der Waals surface area contributed by atoms with Gasteiger partial charge in [-0.05, 0) is 43.9 Å². The number of anilines is 1. The van der Waals surface area contributed by atoms with Crippen molar-refractivity contribution in [1.29, 1.82) is 0 Å². The number of aromatic nitrogens is 2. The molecule has 3 rings (SSSR count). The first kappa shape index (κ1) is 13.9. The van der Waals surface area contributed by atoms with Crippen LogP contribution in [-0.2, 0) is 0 Å². The molecular weight excluding hydrogens is 268 g/mol. The molecule has 0 bridgehead atoms. The Labute approximate surface area is 123 Å². The fourth-order valence-corrected chi connectivity index (χ4v) is 2.76. The molecule has 3 N–H and O–H groups in total. The SMILES string of the molecule is COc1cccc(-c2noc(NC3CCC(CN)C3)n2)c1. The van der Waals surface area contributed by atoms with Gasteiger partial charge in [-0.25, -0.2) is 0 Å². The molecule has 21 heavy (non-hydrogen) atoms. The van der Waals surface area contributed by atoms with Crippen LogP contribution in [0.4, 0.5) is 6.01 Å². The van der Waals surface area contributed by atoms with Crippen molar-refractivity contribution in [2.45, 2.75) is 25.3 Å². The van der Waals surface area contributed by atoms with Crippen molar-refractivity contribution in [2.24, 2.45) is 11.7 Å². The molecule has 2 atom stereocenters. The van der Waals surface area contributed by atoms with Crippen molar-refractivity contribution >= 4 is 6.01 Å². The molecule has 6 heteroatoms. The average molecular weight is 288 g/mol. The van der Waals surface area contributed by atoms with E-state index in [9.17, 15) is 0 Å². The summed E-state index contributed by atoms with van der Waals surface area (Å²) in [6.07, 6.45) is 3.32. The van der Waals surface area contributed by atoms with E-state index in [0.29, 0.717) is 23.8 Å². The average Bonchev–Trinajstić information content (AvgIpc) is 3.17. The summed E-state index contributed by atoms with van der Waals surface area (Å²) < 4.78 is 10.5. The molecular formula is C15H20N4O2. The van der Waals surface area contributed by atoms with Crippen molar-refractivity contribution in [3.8, 4) is 17.1 Å². The molecule has 0 aliphatic heterocycles. The van der Waals surface area contributed by atoms with Crippen LogP contribution in [0.15, 0.2) is 28.8 Å². The third-order valence-electron chi connectivity index (χ3n) is 3.96. The Balaban J connectivity index is 1.68. The highest BCUT2D eigenvalue weighted by Crippen LogP contribution is 2.28. The number of nitrogens with one attached hydrogen (secondary N) is 1. The summed E-state index contributed by atoms with van der Waals surface area (Å²) >= 11 is 0. The van der Waals surface area contributed by atoms with E-state index in [1.165, 1.54) is 0 Å². The topological polar surface area (TPSA) is 86.2 Å². The fourth-order valence-electron chi connectivity index (χ4n) is 2.76. The molecule has 0 amide bonds. The molecule has 2 aromatic rings. The van der Waals surface area contributed by atoms with Crippen LogP contribution in [0.25, 0.3) is 11.4 Å². The lowest BCUT2D eigenvalue weighted by atomic mass is 10.1. The molecule has 1 aromatic carbocycles. The van der Waals surface area contributed by atoms with Crippen LogP contribution in [0.3, 0.4) is 0 Å².